The van der Waals surface area contributed by atoms with Gasteiger partial charge in [-0.1, -0.05) is 58.4 Å². The maximum Gasteiger partial charge on any atom is 0.0565 e. The van der Waals surface area contributed by atoms with Crippen LogP contribution in [0.15, 0.2) is 63.6 Å². The van der Waals surface area contributed by atoms with Gasteiger partial charge in [0.25, 0.3) is 0 Å². The van der Waals surface area contributed by atoms with Crippen LogP contribution in [0.25, 0.3) is 0 Å². The van der Waals surface area contributed by atoms with Crippen LogP contribution in [0.4, 0.5) is 5.69 Å². The molecule has 3 heteroatoms. The molecule has 3 atom stereocenters. The van der Waals surface area contributed by atoms with E-state index in [0.29, 0.717) is 17.9 Å². The van der Waals surface area contributed by atoms with Crippen molar-refractivity contribution in [2.24, 2.45) is 5.92 Å². The summed E-state index contributed by atoms with van der Waals surface area (Å²) in [5, 5.41) is 3.78. The average molecular weight is 405 g/mol. The molecule has 0 unspecified atom stereocenters. The van der Waals surface area contributed by atoms with Gasteiger partial charge in [0.05, 0.1) is 11.7 Å². The Morgan fingerprint density at radius 1 is 0.905 bits per heavy atom. The Morgan fingerprint density at radius 2 is 1.67 bits per heavy atom. The normalized spacial score (nSPS) is 26.1. The number of para-hydroxylation sites is 1. The zero-order valence-corrected chi connectivity index (χ0v) is 14.6. The van der Waals surface area contributed by atoms with Gasteiger partial charge >= 0.3 is 0 Å². The van der Waals surface area contributed by atoms with Crippen LogP contribution in [0.2, 0.25) is 0 Å². The maximum absolute atomic E-state index is 3.78. The fraction of sp³-hybridized carbons (Fsp3) is 0.222. The fourth-order valence-corrected chi connectivity index (χ4v) is 4.65. The minimum absolute atomic E-state index is 0.340. The molecule has 21 heavy (non-hydrogen) atoms. The van der Waals surface area contributed by atoms with Gasteiger partial charge in [0.15, 0.2) is 0 Å². The van der Waals surface area contributed by atoms with Crippen molar-refractivity contribution in [1.29, 1.82) is 0 Å². The van der Waals surface area contributed by atoms with E-state index in [4.69, 9.17) is 0 Å². The van der Waals surface area contributed by atoms with Crippen molar-refractivity contribution in [3.05, 3.63) is 74.7 Å². The molecular weight excluding hydrogens is 390 g/mol. The van der Waals surface area contributed by atoms with E-state index in [2.05, 4.69) is 91.8 Å². The molecule has 4 rings (SSSR count). The molecule has 2 aromatic rings. The Bertz CT molecular complexity index is 723. The summed E-state index contributed by atoms with van der Waals surface area (Å²) in [7, 11) is 0. The molecule has 2 aliphatic rings. The molecule has 0 radical (unpaired) electrons. The SMILES string of the molecule is Brc1ccccc1[C@@H]1Nc2c(Br)cccc2[C@H]2C=CC[C@@H]21. The van der Waals surface area contributed by atoms with E-state index < -0.39 is 0 Å². The highest BCUT2D eigenvalue weighted by Gasteiger charge is 2.38. The fourth-order valence-electron chi connectivity index (χ4n) is 3.62. The number of hydrogen-bond donors (Lipinski definition) is 1. The zero-order valence-electron chi connectivity index (χ0n) is 11.4. The summed E-state index contributed by atoms with van der Waals surface area (Å²) in [6.07, 6.45) is 5.84. The van der Waals surface area contributed by atoms with Gasteiger partial charge in [0.2, 0.25) is 0 Å². The van der Waals surface area contributed by atoms with Crippen LogP contribution in [0.5, 0.6) is 0 Å². The van der Waals surface area contributed by atoms with Crippen molar-refractivity contribution in [3.8, 4) is 0 Å². The Labute approximate surface area is 141 Å². The summed E-state index contributed by atoms with van der Waals surface area (Å²) in [6.45, 7) is 0. The summed E-state index contributed by atoms with van der Waals surface area (Å²) >= 11 is 7.41. The standard InChI is InChI=1S/C18H15Br2N/c19-15-9-2-1-5-14(15)17-12-7-3-6-11(12)13-8-4-10-16(20)18(13)21-17/h1-6,8-12,17,21H,7H2/t11-,12-,17+/m0/s1. The maximum atomic E-state index is 3.78. The first-order chi connectivity index (χ1) is 10.3. The monoisotopic (exact) mass is 403 g/mol. The third-order valence-electron chi connectivity index (χ3n) is 4.59. The molecular formula is C18H15Br2N. The lowest BCUT2D eigenvalue weighted by Crippen LogP contribution is -2.29. The largest absolute Gasteiger partial charge is 0.377 e. The first-order valence-corrected chi connectivity index (χ1v) is 8.80. The molecule has 0 saturated heterocycles. The highest BCUT2D eigenvalue weighted by molar-refractivity contribution is 9.11. The van der Waals surface area contributed by atoms with E-state index in [9.17, 15) is 0 Å². The second kappa shape index (κ2) is 5.29. The third-order valence-corrected chi connectivity index (χ3v) is 5.97. The van der Waals surface area contributed by atoms with Gasteiger partial charge in [-0.05, 0) is 51.5 Å². The molecule has 0 bridgehead atoms. The molecule has 0 aromatic heterocycles. The Kier molecular flexibility index (Phi) is 3.43. The van der Waals surface area contributed by atoms with Crippen molar-refractivity contribution in [2.75, 3.05) is 5.32 Å². The van der Waals surface area contributed by atoms with Crippen LogP contribution < -0.4 is 5.32 Å². The van der Waals surface area contributed by atoms with Gasteiger partial charge in [-0.3, -0.25) is 0 Å². The second-order valence-electron chi connectivity index (χ2n) is 5.70. The van der Waals surface area contributed by atoms with Gasteiger partial charge in [-0.15, -0.1) is 0 Å². The lowest BCUT2D eigenvalue weighted by atomic mass is 9.77. The molecule has 1 aliphatic carbocycles. The van der Waals surface area contributed by atoms with Crippen molar-refractivity contribution in [1.82, 2.24) is 0 Å². The second-order valence-corrected chi connectivity index (χ2v) is 7.41. The number of fused-ring (bicyclic) bond motifs is 3. The number of halogens is 2. The first-order valence-electron chi connectivity index (χ1n) is 7.22. The molecule has 1 N–H and O–H groups in total. The van der Waals surface area contributed by atoms with E-state index in [1.807, 2.05) is 0 Å². The zero-order chi connectivity index (χ0) is 14.4. The number of anilines is 1. The van der Waals surface area contributed by atoms with Gasteiger partial charge < -0.3 is 5.32 Å². The van der Waals surface area contributed by atoms with Crippen LogP contribution in [-0.4, -0.2) is 0 Å². The smallest absolute Gasteiger partial charge is 0.0565 e. The van der Waals surface area contributed by atoms with Gasteiger partial charge in [-0.25, -0.2) is 0 Å². The molecule has 1 nitrogen and oxygen atoms in total. The van der Waals surface area contributed by atoms with Crippen LogP contribution in [0.3, 0.4) is 0 Å². The van der Waals surface area contributed by atoms with Gasteiger partial charge in [0, 0.05) is 14.9 Å². The van der Waals surface area contributed by atoms with E-state index in [1.165, 1.54) is 21.3 Å². The minimum Gasteiger partial charge on any atom is -0.377 e. The minimum atomic E-state index is 0.340. The summed E-state index contributed by atoms with van der Waals surface area (Å²) in [4.78, 5) is 0. The summed E-state index contributed by atoms with van der Waals surface area (Å²) < 4.78 is 2.33. The molecule has 0 fully saturated rings. The first kappa shape index (κ1) is 13.6. The molecule has 0 spiro atoms. The number of hydrogen-bond acceptors (Lipinski definition) is 1. The Balaban J connectivity index is 1.85. The summed E-state index contributed by atoms with van der Waals surface area (Å²) in [6, 6.07) is 15.4. The lowest BCUT2D eigenvalue weighted by molar-refractivity contribution is 0.424. The van der Waals surface area contributed by atoms with E-state index in [0.717, 1.165) is 10.9 Å². The summed E-state index contributed by atoms with van der Waals surface area (Å²) in [5.41, 5.74) is 4.00. The summed E-state index contributed by atoms with van der Waals surface area (Å²) in [5.74, 6) is 1.10. The van der Waals surface area contributed by atoms with Crippen LogP contribution in [0.1, 0.15) is 29.5 Å². The van der Waals surface area contributed by atoms with E-state index in [1.54, 1.807) is 0 Å². The molecule has 0 amide bonds. The van der Waals surface area contributed by atoms with Gasteiger partial charge in [0.1, 0.15) is 0 Å². The topological polar surface area (TPSA) is 12.0 Å². The number of nitrogens with one attached hydrogen (secondary N) is 1. The predicted molar refractivity (Wildman–Crippen MR) is 94.6 cm³/mol. The molecule has 2 aromatic carbocycles. The van der Waals surface area contributed by atoms with Crippen LogP contribution in [-0.2, 0) is 0 Å². The average Bonchev–Trinajstić information content (AvgIpc) is 2.97. The Hall–Kier alpha value is -1.06. The molecule has 106 valence electrons. The van der Waals surface area contributed by atoms with Crippen molar-refractivity contribution in [3.63, 3.8) is 0 Å². The third kappa shape index (κ3) is 2.18. The molecule has 0 saturated carbocycles. The quantitative estimate of drug-likeness (QED) is 0.571. The van der Waals surface area contributed by atoms with Gasteiger partial charge in [-0.2, -0.15) is 0 Å². The van der Waals surface area contributed by atoms with Crippen LogP contribution in [0, 0.1) is 5.92 Å². The van der Waals surface area contributed by atoms with Crippen LogP contribution >= 0.6 is 31.9 Å². The van der Waals surface area contributed by atoms with E-state index >= 15 is 0 Å². The van der Waals surface area contributed by atoms with E-state index in [-0.39, 0.29) is 0 Å². The number of allylic oxidation sites excluding steroid dienone is 2. The van der Waals surface area contributed by atoms with Crippen molar-refractivity contribution in [2.45, 2.75) is 18.4 Å². The highest BCUT2D eigenvalue weighted by Crippen LogP contribution is 2.52. The highest BCUT2D eigenvalue weighted by atomic mass is 79.9. The number of benzene rings is 2. The number of rotatable bonds is 1. The molecule has 1 heterocycles. The van der Waals surface area contributed by atoms with Crippen molar-refractivity contribution < 1.29 is 0 Å². The lowest BCUT2D eigenvalue weighted by Gasteiger charge is -2.38. The van der Waals surface area contributed by atoms with Crippen molar-refractivity contribution >= 4 is 37.5 Å². The predicted octanol–water partition coefficient (Wildman–Crippen LogP) is 6.04. The molecule has 1 aliphatic heterocycles. The Morgan fingerprint density at radius 3 is 2.52 bits per heavy atom.